The molecule has 0 aliphatic carbocycles. The molecule has 2 N–H and O–H groups in total. The summed E-state index contributed by atoms with van der Waals surface area (Å²) in [5.41, 5.74) is 6.13. The van der Waals surface area contributed by atoms with Crippen LogP contribution in [0, 0.1) is 11.8 Å². The predicted octanol–water partition coefficient (Wildman–Crippen LogP) is 2.48. The quantitative estimate of drug-likeness (QED) is 0.758. The number of rotatable bonds is 5. The summed E-state index contributed by atoms with van der Waals surface area (Å²) in [6, 6.07) is 0.394. The Labute approximate surface area is 95.2 Å². The summed E-state index contributed by atoms with van der Waals surface area (Å²) in [5.74, 6) is 1.74. The third kappa shape index (κ3) is 4.52. The molecule has 3 unspecified atom stereocenters. The summed E-state index contributed by atoms with van der Waals surface area (Å²) in [6.07, 6.45) is 5.08. The molecular weight excluding hydrogens is 184 g/mol. The van der Waals surface area contributed by atoms with Crippen LogP contribution in [-0.2, 0) is 0 Å². The minimum absolute atomic E-state index is 0.394. The van der Waals surface area contributed by atoms with Gasteiger partial charge in [0.05, 0.1) is 0 Å². The molecule has 0 aromatic rings. The van der Waals surface area contributed by atoms with E-state index in [0.29, 0.717) is 6.04 Å². The molecule has 0 amide bonds. The van der Waals surface area contributed by atoms with Gasteiger partial charge in [-0.15, -0.1) is 0 Å². The number of unbranched alkanes of at least 4 members (excludes halogenated alkanes) is 1. The second kappa shape index (κ2) is 6.49. The summed E-state index contributed by atoms with van der Waals surface area (Å²) >= 11 is 0. The Kier molecular flexibility index (Phi) is 5.62. The molecule has 0 radical (unpaired) electrons. The van der Waals surface area contributed by atoms with E-state index in [2.05, 4.69) is 25.7 Å². The average Bonchev–Trinajstić information content (AvgIpc) is 2.20. The topological polar surface area (TPSA) is 29.3 Å². The monoisotopic (exact) mass is 212 g/mol. The molecule has 3 atom stereocenters. The Bertz CT molecular complexity index is 170. The molecule has 1 aliphatic heterocycles. The first-order valence-electron chi connectivity index (χ1n) is 6.61. The Balaban J connectivity index is 2.21. The standard InChI is InChI=1S/C13H28N2/c1-4-5-6-13(14)10-15-8-7-11(2)12(3)9-15/h11-13H,4-10,14H2,1-3H3. The van der Waals surface area contributed by atoms with Crippen molar-refractivity contribution in [3.05, 3.63) is 0 Å². The SMILES string of the molecule is CCCCC(N)CN1CCC(C)C(C)C1. The molecule has 0 saturated carbocycles. The maximum absolute atomic E-state index is 6.13. The number of nitrogens with two attached hydrogens (primary N) is 1. The molecular formula is C13H28N2. The third-order valence-corrected chi connectivity index (χ3v) is 3.84. The van der Waals surface area contributed by atoms with E-state index in [9.17, 15) is 0 Å². The van der Waals surface area contributed by atoms with Gasteiger partial charge in [0.2, 0.25) is 0 Å². The molecule has 1 heterocycles. The van der Waals surface area contributed by atoms with Crippen LogP contribution >= 0.6 is 0 Å². The Morgan fingerprint density at radius 1 is 1.33 bits per heavy atom. The zero-order chi connectivity index (χ0) is 11.3. The van der Waals surface area contributed by atoms with Crippen LogP contribution in [0.1, 0.15) is 46.5 Å². The van der Waals surface area contributed by atoms with Gasteiger partial charge in [-0.05, 0) is 31.2 Å². The first-order valence-corrected chi connectivity index (χ1v) is 6.61. The van der Waals surface area contributed by atoms with Crippen molar-refractivity contribution in [1.82, 2.24) is 4.90 Å². The van der Waals surface area contributed by atoms with Gasteiger partial charge in [-0.1, -0.05) is 33.6 Å². The van der Waals surface area contributed by atoms with Crippen LogP contribution in [0.5, 0.6) is 0 Å². The van der Waals surface area contributed by atoms with E-state index in [0.717, 1.165) is 18.4 Å². The lowest BCUT2D eigenvalue weighted by Crippen LogP contribution is -2.44. The van der Waals surface area contributed by atoms with Crippen molar-refractivity contribution in [3.8, 4) is 0 Å². The second-order valence-electron chi connectivity index (χ2n) is 5.41. The maximum Gasteiger partial charge on any atom is 0.0167 e. The summed E-state index contributed by atoms with van der Waals surface area (Å²) in [6.45, 7) is 10.6. The summed E-state index contributed by atoms with van der Waals surface area (Å²) in [5, 5.41) is 0. The van der Waals surface area contributed by atoms with Gasteiger partial charge in [0.25, 0.3) is 0 Å². The summed E-state index contributed by atoms with van der Waals surface area (Å²) in [4.78, 5) is 2.56. The molecule has 0 aromatic heterocycles. The Morgan fingerprint density at radius 2 is 2.07 bits per heavy atom. The fraction of sp³-hybridized carbons (Fsp3) is 1.00. The van der Waals surface area contributed by atoms with E-state index in [1.54, 1.807) is 0 Å². The lowest BCUT2D eigenvalue weighted by molar-refractivity contribution is 0.130. The van der Waals surface area contributed by atoms with Gasteiger partial charge in [-0.25, -0.2) is 0 Å². The van der Waals surface area contributed by atoms with Gasteiger partial charge in [-0.3, -0.25) is 0 Å². The molecule has 15 heavy (non-hydrogen) atoms. The van der Waals surface area contributed by atoms with Gasteiger partial charge < -0.3 is 10.6 Å². The predicted molar refractivity (Wildman–Crippen MR) is 66.9 cm³/mol. The van der Waals surface area contributed by atoms with E-state index in [1.165, 1.54) is 38.8 Å². The molecule has 1 aliphatic rings. The van der Waals surface area contributed by atoms with Crippen LogP contribution in [0.25, 0.3) is 0 Å². The van der Waals surface area contributed by atoms with Crippen molar-refractivity contribution >= 4 is 0 Å². The van der Waals surface area contributed by atoms with Gasteiger partial charge in [-0.2, -0.15) is 0 Å². The zero-order valence-electron chi connectivity index (χ0n) is 10.7. The molecule has 2 heteroatoms. The number of nitrogens with zero attached hydrogens (tertiary/aromatic N) is 1. The minimum Gasteiger partial charge on any atom is -0.327 e. The molecule has 0 bridgehead atoms. The third-order valence-electron chi connectivity index (χ3n) is 3.84. The molecule has 90 valence electrons. The van der Waals surface area contributed by atoms with Crippen LogP contribution < -0.4 is 5.73 Å². The van der Waals surface area contributed by atoms with Crippen LogP contribution in [0.4, 0.5) is 0 Å². The fourth-order valence-corrected chi connectivity index (χ4v) is 2.40. The fourth-order valence-electron chi connectivity index (χ4n) is 2.40. The van der Waals surface area contributed by atoms with E-state index >= 15 is 0 Å². The van der Waals surface area contributed by atoms with Crippen LogP contribution in [0.2, 0.25) is 0 Å². The highest BCUT2D eigenvalue weighted by molar-refractivity contribution is 4.78. The van der Waals surface area contributed by atoms with E-state index in [1.807, 2.05) is 0 Å². The minimum atomic E-state index is 0.394. The Morgan fingerprint density at radius 3 is 2.67 bits per heavy atom. The number of hydrogen-bond acceptors (Lipinski definition) is 2. The second-order valence-corrected chi connectivity index (χ2v) is 5.41. The van der Waals surface area contributed by atoms with Crippen LogP contribution in [0.15, 0.2) is 0 Å². The number of likely N-dealkylation sites (tertiary alicyclic amines) is 1. The molecule has 1 rings (SSSR count). The summed E-state index contributed by atoms with van der Waals surface area (Å²) < 4.78 is 0. The van der Waals surface area contributed by atoms with Gasteiger partial charge in [0.1, 0.15) is 0 Å². The average molecular weight is 212 g/mol. The first-order chi connectivity index (χ1) is 7.13. The van der Waals surface area contributed by atoms with Crippen LogP contribution in [0.3, 0.4) is 0 Å². The highest BCUT2D eigenvalue weighted by Crippen LogP contribution is 2.22. The Hall–Kier alpha value is -0.0800. The van der Waals surface area contributed by atoms with Gasteiger partial charge in [0.15, 0.2) is 0 Å². The molecule has 1 saturated heterocycles. The highest BCUT2D eigenvalue weighted by atomic mass is 15.1. The van der Waals surface area contributed by atoms with Crippen molar-refractivity contribution < 1.29 is 0 Å². The first kappa shape index (κ1) is 13.0. The number of piperidine rings is 1. The molecule has 0 spiro atoms. The van der Waals surface area contributed by atoms with E-state index in [-0.39, 0.29) is 0 Å². The zero-order valence-corrected chi connectivity index (χ0v) is 10.7. The molecule has 2 nitrogen and oxygen atoms in total. The maximum atomic E-state index is 6.13. The molecule has 1 fully saturated rings. The largest absolute Gasteiger partial charge is 0.327 e. The van der Waals surface area contributed by atoms with Gasteiger partial charge in [0, 0.05) is 19.1 Å². The highest BCUT2D eigenvalue weighted by Gasteiger charge is 2.23. The van der Waals surface area contributed by atoms with Crippen molar-refractivity contribution in [2.24, 2.45) is 17.6 Å². The van der Waals surface area contributed by atoms with Crippen molar-refractivity contribution in [2.75, 3.05) is 19.6 Å². The van der Waals surface area contributed by atoms with Crippen LogP contribution in [-0.4, -0.2) is 30.6 Å². The van der Waals surface area contributed by atoms with Crippen molar-refractivity contribution in [3.63, 3.8) is 0 Å². The van der Waals surface area contributed by atoms with Gasteiger partial charge >= 0.3 is 0 Å². The smallest absolute Gasteiger partial charge is 0.0167 e. The lowest BCUT2D eigenvalue weighted by atomic mass is 9.88. The molecule has 0 aromatic carbocycles. The summed E-state index contributed by atoms with van der Waals surface area (Å²) in [7, 11) is 0. The number of hydrogen-bond donors (Lipinski definition) is 1. The van der Waals surface area contributed by atoms with E-state index < -0.39 is 0 Å². The van der Waals surface area contributed by atoms with Crippen molar-refractivity contribution in [1.29, 1.82) is 0 Å². The van der Waals surface area contributed by atoms with Crippen molar-refractivity contribution in [2.45, 2.75) is 52.5 Å². The van der Waals surface area contributed by atoms with E-state index in [4.69, 9.17) is 5.73 Å². The lowest BCUT2D eigenvalue weighted by Gasteiger charge is -2.36. The normalized spacial score (nSPS) is 30.4.